The number of hydrogen-bond donors (Lipinski definition) is 0. The first-order valence-corrected chi connectivity index (χ1v) is 9.68. The van der Waals surface area contributed by atoms with Gasteiger partial charge in [0, 0.05) is 39.3 Å². The fourth-order valence-corrected chi connectivity index (χ4v) is 4.05. The Labute approximate surface area is 168 Å². The summed E-state index contributed by atoms with van der Waals surface area (Å²) in [6, 6.07) is 12.7. The van der Waals surface area contributed by atoms with Crippen molar-refractivity contribution >= 4 is 40.7 Å². The highest BCUT2D eigenvalue weighted by Gasteiger charge is 2.35. The molecule has 2 aliphatic heterocycles. The van der Waals surface area contributed by atoms with E-state index in [1.165, 1.54) is 4.90 Å². The summed E-state index contributed by atoms with van der Waals surface area (Å²) in [6.45, 7) is 4.40. The molecule has 2 amide bonds. The van der Waals surface area contributed by atoms with Gasteiger partial charge in [0.15, 0.2) is 0 Å². The van der Waals surface area contributed by atoms with Gasteiger partial charge < -0.3 is 4.90 Å². The summed E-state index contributed by atoms with van der Waals surface area (Å²) in [5, 5.41) is 1.14. The van der Waals surface area contributed by atoms with Crippen molar-refractivity contribution in [2.45, 2.75) is 0 Å². The van der Waals surface area contributed by atoms with Crippen LogP contribution in [-0.2, 0) is 0 Å². The van der Waals surface area contributed by atoms with Gasteiger partial charge >= 0.3 is 0 Å². The molecule has 0 unspecified atom stereocenters. The number of piperazine rings is 1. The molecular weight excluding hydrogens is 385 g/mol. The average Bonchev–Trinajstić information content (AvgIpc) is 2.94. The fraction of sp³-hybridized carbons (Fsp3) is 0.300. The van der Waals surface area contributed by atoms with E-state index in [4.69, 9.17) is 23.2 Å². The van der Waals surface area contributed by atoms with Crippen molar-refractivity contribution in [3.05, 3.63) is 63.6 Å². The highest BCUT2D eigenvalue weighted by Crippen LogP contribution is 2.32. The molecule has 2 aromatic carbocycles. The van der Waals surface area contributed by atoms with Crippen LogP contribution in [0.1, 0.15) is 20.7 Å². The molecule has 0 saturated carbocycles. The van der Waals surface area contributed by atoms with Crippen molar-refractivity contribution in [3.8, 4) is 0 Å². The lowest BCUT2D eigenvalue weighted by atomic mass is 10.1. The quantitative estimate of drug-likeness (QED) is 0.733. The number of nitrogens with zero attached hydrogens (tertiary/aromatic N) is 3. The Kier molecular flexibility index (Phi) is 5.08. The molecular formula is C20H19Cl2N3O2. The highest BCUT2D eigenvalue weighted by atomic mass is 35.5. The van der Waals surface area contributed by atoms with Crippen LogP contribution in [0.5, 0.6) is 0 Å². The normalized spacial score (nSPS) is 17.6. The first-order chi connectivity index (χ1) is 13.1. The van der Waals surface area contributed by atoms with Crippen LogP contribution in [0.15, 0.2) is 42.5 Å². The van der Waals surface area contributed by atoms with Gasteiger partial charge in [-0.3, -0.25) is 19.4 Å². The molecule has 0 N–H and O–H groups in total. The zero-order valence-electron chi connectivity index (χ0n) is 14.7. The molecule has 5 nitrogen and oxygen atoms in total. The number of fused-ring (bicyclic) bond motifs is 1. The number of imide groups is 1. The summed E-state index contributed by atoms with van der Waals surface area (Å²) in [5.41, 5.74) is 1.95. The Hall–Kier alpha value is -2.08. The smallest absolute Gasteiger partial charge is 0.261 e. The van der Waals surface area contributed by atoms with Crippen molar-refractivity contribution in [1.29, 1.82) is 0 Å². The first kappa shape index (κ1) is 18.3. The molecule has 0 aliphatic carbocycles. The second kappa shape index (κ2) is 7.50. The van der Waals surface area contributed by atoms with Crippen LogP contribution < -0.4 is 4.90 Å². The van der Waals surface area contributed by atoms with E-state index in [0.29, 0.717) is 34.3 Å². The van der Waals surface area contributed by atoms with Crippen molar-refractivity contribution in [3.63, 3.8) is 0 Å². The standard InChI is InChI=1S/C20H19Cl2N3O2/c21-16-6-3-7-17(18(16)22)24-11-8-23(9-12-24)10-13-25-19(26)14-4-1-2-5-15(14)20(25)27/h1-7H,8-13H2. The Bertz CT molecular complexity index is 860. The van der Waals surface area contributed by atoms with Gasteiger partial charge in [-0.05, 0) is 24.3 Å². The van der Waals surface area contributed by atoms with Crippen LogP contribution in [0.25, 0.3) is 0 Å². The number of halogens is 2. The van der Waals surface area contributed by atoms with E-state index in [1.54, 1.807) is 30.3 Å². The Morgan fingerprint density at radius 1 is 0.778 bits per heavy atom. The monoisotopic (exact) mass is 403 g/mol. The molecule has 140 valence electrons. The van der Waals surface area contributed by atoms with Gasteiger partial charge in [0.05, 0.1) is 26.9 Å². The minimum Gasteiger partial charge on any atom is -0.368 e. The minimum atomic E-state index is -0.194. The topological polar surface area (TPSA) is 43.9 Å². The molecule has 27 heavy (non-hydrogen) atoms. The van der Waals surface area contributed by atoms with Crippen molar-refractivity contribution in [1.82, 2.24) is 9.80 Å². The van der Waals surface area contributed by atoms with E-state index >= 15 is 0 Å². The first-order valence-electron chi connectivity index (χ1n) is 8.93. The molecule has 0 radical (unpaired) electrons. The fourth-order valence-electron chi connectivity index (χ4n) is 3.63. The van der Waals surface area contributed by atoms with Crippen molar-refractivity contribution in [2.24, 2.45) is 0 Å². The van der Waals surface area contributed by atoms with E-state index in [0.717, 1.165) is 31.9 Å². The Morgan fingerprint density at radius 3 is 2.04 bits per heavy atom. The summed E-state index contributed by atoms with van der Waals surface area (Å²) in [4.78, 5) is 30.7. The third-order valence-electron chi connectivity index (χ3n) is 5.16. The molecule has 0 bridgehead atoms. The Morgan fingerprint density at radius 2 is 1.41 bits per heavy atom. The number of benzene rings is 2. The summed E-state index contributed by atoms with van der Waals surface area (Å²) >= 11 is 12.4. The van der Waals surface area contributed by atoms with Gasteiger partial charge in [-0.25, -0.2) is 0 Å². The largest absolute Gasteiger partial charge is 0.368 e. The second-order valence-corrected chi connectivity index (χ2v) is 7.49. The third kappa shape index (κ3) is 3.43. The van der Waals surface area contributed by atoms with Gasteiger partial charge in [-0.15, -0.1) is 0 Å². The number of amides is 2. The maximum atomic E-state index is 12.4. The lowest BCUT2D eigenvalue weighted by Crippen LogP contribution is -2.49. The predicted molar refractivity (Wildman–Crippen MR) is 107 cm³/mol. The number of carbonyl (C=O) groups is 2. The molecule has 1 saturated heterocycles. The molecule has 0 atom stereocenters. The summed E-state index contributed by atoms with van der Waals surface area (Å²) in [7, 11) is 0. The molecule has 4 rings (SSSR count). The molecule has 2 heterocycles. The lowest BCUT2D eigenvalue weighted by molar-refractivity contribution is 0.0635. The minimum absolute atomic E-state index is 0.194. The zero-order valence-corrected chi connectivity index (χ0v) is 16.2. The van der Waals surface area contributed by atoms with E-state index in [2.05, 4.69) is 9.80 Å². The molecule has 2 aromatic rings. The molecule has 0 spiro atoms. The van der Waals surface area contributed by atoms with Crippen LogP contribution in [0.4, 0.5) is 5.69 Å². The van der Waals surface area contributed by atoms with Gasteiger partial charge in [-0.1, -0.05) is 41.4 Å². The van der Waals surface area contributed by atoms with Crippen LogP contribution >= 0.6 is 23.2 Å². The van der Waals surface area contributed by atoms with Gasteiger partial charge in [0.25, 0.3) is 11.8 Å². The van der Waals surface area contributed by atoms with E-state index in [1.807, 2.05) is 12.1 Å². The molecule has 7 heteroatoms. The molecule has 2 aliphatic rings. The number of anilines is 1. The van der Waals surface area contributed by atoms with Crippen LogP contribution in [-0.4, -0.2) is 60.9 Å². The zero-order chi connectivity index (χ0) is 19.0. The number of rotatable bonds is 4. The third-order valence-corrected chi connectivity index (χ3v) is 5.97. The van der Waals surface area contributed by atoms with Gasteiger partial charge in [0.1, 0.15) is 0 Å². The SMILES string of the molecule is O=C1c2ccccc2C(=O)N1CCN1CCN(c2cccc(Cl)c2Cl)CC1. The summed E-state index contributed by atoms with van der Waals surface area (Å²) < 4.78 is 0. The highest BCUT2D eigenvalue weighted by molar-refractivity contribution is 6.43. The van der Waals surface area contributed by atoms with Crippen molar-refractivity contribution in [2.75, 3.05) is 44.2 Å². The van der Waals surface area contributed by atoms with E-state index in [9.17, 15) is 9.59 Å². The predicted octanol–water partition coefficient (Wildman–Crippen LogP) is 3.41. The van der Waals surface area contributed by atoms with Crippen LogP contribution in [0, 0.1) is 0 Å². The maximum absolute atomic E-state index is 12.4. The Balaban J connectivity index is 1.34. The summed E-state index contributed by atoms with van der Waals surface area (Å²) in [5.74, 6) is -0.389. The summed E-state index contributed by atoms with van der Waals surface area (Å²) in [6.07, 6.45) is 0. The average molecular weight is 404 g/mol. The number of hydrogen-bond acceptors (Lipinski definition) is 4. The van der Waals surface area contributed by atoms with E-state index < -0.39 is 0 Å². The second-order valence-electron chi connectivity index (χ2n) is 6.71. The van der Waals surface area contributed by atoms with Crippen LogP contribution in [0.2, 0.25) is 10.0 Å². The van der Waals surface area contributed by atoms with Crippen molar-refractivity contribution < 1.29 is 9.59 Å². The molecule has 0 aromatic heterocycles. The van der Waals surface area contributed by atoms with Gasteiger partial charge in [0.2, 0.25) is 0 Å². The van der Waals surface area contributed by atoms with Crippen LogP contribution in [0.3, 0.4) is 0 Å². The van der Waals surface area contributed by atoms with E-state index in [-0.39, 0.29) is 11.8 Å². The lowest BCUT2D eigenvalue weighted by Gasteiger charge is -2.37. The molecule has 1 fully saturated rings. The van der Waals surface area contributed by atoms with Gasteiger partial charge in [-0.2, -0.15) is 0 Å². The number of carbonyl (C=O) groups excluding carboxylic acids is 2. The maximum Gasteiger partial charge on any atom is 0.261 e.